The number of para-hydroxylation sites is 2. The van der Waals surface area contributed by atoms with Crippen molar-refractivity contribution in [3.63, 3.8) is 0 Å². The minimum absolute atomic E-state index is 0.626. The van der Waals surface area contributed by atoms with Crippen LogP contribution in [0.2, 0.25) is 0 Å². The van der Waals surface area contributed by atoms with Crippen LogP contribution >= 0.6 is 0 Å². The number of fused-ring (bicyclic) bond motifs is 9. The molecular weight excluding hydrogens is 779 g/mol. The monoisotopic (exact) mass is 815 g/mol. The van der Waals surface area contributed by atoms with Crippen molar-refractivity contribution in [1.82, 2.24) is 24.1 Å². The molecular formula is C59H37N5. The predicted molar refractivity (Wildman–Crippen MR) is 265 cm³/mol. The molecule has 64 heavy (non-hydrogen) atoms. The molecule has 0 aliphatic rings. The van der Waals surface area contributed by atoms with Gasteiger partial charge in [0, 0.05) is 55.0 Å². The fourth-order valence-electron chi connectivity index (χ4n) is 9.75. The molecule has 5 heteroatoms. The smallest absolute Gasteiger partial charge is 0.164 e. The number of nitrogens with zero attached hydrogens (tertiary/aromatic N) is 5. The van der Waals surface area contributed by atoms with Crippen LogP contribution in [0.5, 0.6) is 0 Å². The molecule has 0 amide bonds. The third-order valence-electron chi connectivity index (χ3n) is 12.7. The highest BCUT2D eigenvalue weighted by Gasteiger charge is 2.20. The molecule has 0 radical (unpaired) electrons. The molecule has 10 aromatic carbocycles. The molecule has 3 heterocycles. The molecule has 0 spiro atoms. The Morgan fingerprint density at radius 1 is 0.281 bits per heavy atom. The van der Waals surface area contributed by atoms with Gasteiger partial charge in [-0.1, -0.05) is 176 Å². The van der Waals surface area contributed by atoms with E-state index in [-0.39, 0.29) is 0 Å². The van der Waals surface area contributed by atoms with E-state index in [2.05, 4.69) is 215 Å². The molecule has 13 aromatic rings. The molecule has 0 aliphatic carbocycles. The van der Waals surface area contributed by atoms with E-state index in [4.69, 9.17) is 15.0 Å². The molecule has 3 aromatic heterocycles. The fraction of sp³-hybridized carbons (Fsp3) is 0. The van der Waals surface area contributed by atoms with Gasteiger partial charge < -0.3 is 9.13 Å². The van der Waals surface area contributed by atoms with Crippen LogP contribution in [-0.2, 0) is 0 Å². The van der Waals surface area contributed by atoms with E-state index >= 15 is 0 Å². The van der Waals surface area contributed by atoms with E-state index in [1.807, 2.05) is 18.2 Å². The Morgan fingerprint density at radius 3 is 1.58 bits per heavy atom. The summed E-state index contributed by atoms with van der Waals surface area (Å²) in [7, 11) is 0. The van der Waals surface area contributed by atoms with Crippen LogP contribution in [0.3, 0.4) is 0 Å². The van der Waals surface area contributed by atoms with Gasteiger partial charge in [0.15, 0.2) is 17.5 Å². The van der Waals surface area contributed by atoms with Crippen molar-refractivity contribution in [1.29, 1.82) is 0 Å². The lowest BCUT2D eigenvalue weighted by Crippen LogP contribution is -2.00. The van der Waals surface area contributed by atoms with Crippen LogP contribution in [0.1, 0.15) is 0 Å². The quantitative estimate of drug-likeness (QED) is 0.168. The Kier molecular flexibility index (Phi) is 8.15. The summed E-state index contributed by atoms with van der Waals surface area (Å²) in [6.45, 7) is 0. The highest BCUT2D eigenvalue weighted by atomic mass is 15.0. The first-order valence-electron chi connectivity index (χ1n) is 21.7. The molecule has 0 bridgehead atoms. The zero-order valence-electron chi connectivity index (χ0n) is 34.6. The number of aromatic nitrogens is 5. The summed E-state index contributed by atoms with van der Waals surface area (Å²) in [5.74, 6) is 1.89. The molecule has 0 saturated heterocycles. The summed E-state index contributed by atoms with van der Waals surface area (Å²) >= 11 is 0. The summed E-state index contributed by atoms with van der Waals surface area (Å²) in [4.78, 5) is 15.5. The fourth-order valence-corrected chi connectivity index (χ4v) is 9.75. The Hall–Kier alpha value is -8.67. The van der Waals surface area contributed by atoms with Crippen molar-refractivity contribution in [3.05, 3.63) is 224 Å². The molecule has 0 N–H and O–H groups in total. The highest BCUT2D eigenvalue weighted by Crippen LogP contribution is 2.41. The predicted octanol–water partition coefficient (Wildman–Crippen LogP) is 15.0. The van der Waals surface area contributed by atoms with Gasteiger partial charge in [-0.25, -0.2) is 15.0 Å². The zero-order chi connectivity index (χ0) is 42.1. The van der Waals surface area contributed by atoms with Gasteiger partial charge in [0.25, 0.3) is 0 Å². The summed E-state index contributed by atoms with van der Waals surface area (Å²) in [6, 6.07) is 79.8. The van der Waals surface area contributed by atoms with Crippen molar-refractivity contribution < 1.29 is 0 Å². The molecule has 5 nitrogen and oxygen atoms in total. The van der Waals surface area contributed by atoms with Crippen LogP contribution in [0, 0.1) is 0 Å². The second-order valence-corrected chi connectivity index (χ2v) is 16.4. The minimum Gasteiger partial charge on any atom is -0.309 e. The topological polar surface area (TPSA) is 48.5 Å². The number of hydrogen-bond acceptors (Lipinski definition) is 3. The van der Waals surface area contributed by atoms with Gasteiger partial charge in [0.1, 0.15) is 0 Å². The maximum atomic E-state index is 5.24. The maximum Gasteiger partial charge on any atom is 0.164 e. The summed E-state index contributed by atoms with van der Waals surface area (Å²) < 4.78 is 4.77. The minimum atomic E-state index is 0.626. The van der Waals surface area contributed by atoms with E-state index in [1.165, 1.54) is 43.4 Å². The average molecular weight is 816 g/mol. The Labute approximate surface area is 368 Å². The lowest BCUT2D eigenvalue weighted by molar-refractivity contribution is 1.08. The zero-order valence-corrected chi connectivity index (χ0v) is 34.6. The third-order valence-corrected chi connectivity index (χ3v) is 12.7. The van der Waals surface area contributed by atoms with E-state index in [9.17, 15) is 0 Å². The van der Waals surface area contributed by atoms with E-state index in [0.717, 1.165) is 61.0 Å². The molecule has 0 unspecified atom stereocenters. The SMILES string of the molecule is c1ccc(-c2nc(-c3ccc(-c4ccc(-n5c6cc7ccccc7cc6c6ccc7ccccc7c65)cc4)cc3)nc(-c3cccc4c3c3ccccc3n4-c3ccccc3)n2)cc1. The van der Waals surface area contributed by atoms with Gasteiger partial charge in [0.2, 0.25) is 0 Å². The molecule has 13 rings (SSSR count). The molecule has 0 aliphatic heterocycles. The van der Waals surface area contributed by atoms with Crippen LogP contribution < -0.4 is 0 Å². The van der Waals surface area contributed by atoms with Crippen molar-refractivity contribution in [2.45, 2.75) is 0 Å². The second-order valence-electron chi connectivity index (χ2n) is 16.4. The van der Waals surface area contributed by atoms with E-state index in [1.54, 1.807) is 0 Å². The molecule has 0 fully saturated rings. The Balaban J connectivity index is 0.913. The first kappa shape index (κ1) is 36.0. The van der Waals surface area contributed by atoms with Crippen LogP contribution in [0.4, 0.5) is 0 Å². The van der Waals surface area contributed by atoms with Crippen LogP contribution in [-0.4, -0.2) is 24.1 Å². The van der Waals surface area contributed by atoms with Gasteiger partial charge in [-0.2, -0.15) is 0 Å². The van der Waals surface area contributed by atoms with Crippen molar-refractivity contribution in [3.8, 4) is 56.7 Å². The Morgan fingerprint density at radius 2 is 0.828 bits per heavy atom. The molecule has 0 saturated carbocycles. The van der Waals surface area contributed by atoms with Crippen molar-refractivity contribution in [2.24, 2.45) is 0 Å². The molecule has 298 valence electrons. The first-order valence-corrected chi connectivity index (χ1v) is 21.7. The van der Waals surface area contributed by atoms with Crippen LogP contribution in [0.15, 0.2) is 224 Å². The Bertz CT molecular complexity index is 3920. The normalized spacial score (nSPS) is 11.8. The lowest BCUT2D eigenvalue weighted by atomic mass is 10.0. The third kappa shape index (κ3) is 5.75. The lowest BCUT2D eigenvalue weighted by Gasteiger charge is -2.12. The van der Waals surface area contributed by atoms with Gasteiger partial charge >= 0.3 is 0 Å². The standard InChI is InChI=1S/C59H37N5/c1-3-15-41(16-4-1)57-60-58(62-59(61-57)50-23-13-25-53-55(50)49-22-11-12-24-52(49)63(53)45-19-5-2-6-20-45)42-28-26-38(27-29-42)39-30-33-46(34-31-39)64-54-37-44-18-8-7-17-43(44)36-51(54)48-35-32-40-14-9-10-21-47(40)56(48)64/h1-37H. The van der Waals surface area contributed by atoms with Gasteiger partial charge in [-0.05, 0) is 75.8 Å². The summed E-state index contributed by atoms with van der Waals surface area (Å²) in [5, 5.41) is 9.72. The van der Waals surface area contributed by atoms with Crippen molar-refractivity contribution in [2.75, 3.05) is 0 Å². The number of rotatable bonds is 6. The first-order chi connectivity index (χ1) is 31.7. The summed E-state index contributed by atoms with van der Waals surface area (Å²) in [5.41, 5.74) is 12.0. The van der Waals surface area contributed by atoms with E-state index in [0.29, 0.717) is 17.5 Å². The summed E-state index contributed by atoms with van der Waals surface area (Å²) in [6.07, 6.45) is 0. The largest absolute Gasteiger partial charge is 0.309 e. The number of benzene rings is 10. The molecule has 0 atom stereocenters. The van der Waals surface area contributed by atoms with Crippen LogP contribution in [0.25, 0.3) is 122 Å². The van der Waals surface area contributed by atoms with Crippen molar-refractivity contribution >= 4 is 65.2 Å². The highest BCUT2D eigenvalue weighted by molar-refractivity contribution is 6.21. The van der Waals surface area contributed by atoms with Gasteiger partial charge in [-0.15, -0.1) is 0 Å². The van der Waals surface area contributed by atoms with E-state index < -0.39 is 0 Å². The maximum absolute atomic E-state index is 5.24. The van der Waals surface area contributed by atoms with Gasteiger partial charge in [-0.3, -0.25) is 0 Å². The number of hydrogen-bond donors (Lipinski definition) is 0. The average Bonchev–Trinajstić information content (AvgIpc) is 3.89. The second kappa shape index (κ2) is 14.5. The van der Waals surface area contributed by atoms with Gasteiger partial charge in [0.05, 0.1) is 22.1 Å².